The van der Waals surface area contributed by atoms with Gasteiger partial charge in [0.1, 0.15) is 6.61 Å². The lowest BCUT2D eigenvalue weighted by molar-refractivity contribution is -0.161. The van der Waals surface area contributed by atoms with Gasteiger partial charge in [-0.1, -0.05) is 150 Å². The molecular formula is C45H74O5. The number of carbonyl (C=O) groups is 2. The maximum Gasteiger partial charge on any atom is 0.306 e. The molecule has 284 valence electrons. The first-order valence-corrected chi connectivity index (χ1v) is 20.1. The van der Waals surface area contributed by atoms with E-state index in [0.29, 0.717) is 12.8 Å². The molecule has 0 rings (SSSR count). The topological polar surface area (TPSA) is 72.8 Å². The number of hydrogen-bond acceptors (Lipinski definition) is 5. The minimum Gasteiger partial charge on any atom is -0.462 e. The predicted molar refractivity (Wildman–Crippen MR) is 214 cm³/mol. The molecule has 0 radical (unpaired) electrons. The summed E-state index contributed by atoms with van der Waals surface area (Å²) in [6.45, 7) is 3.95. The molecule has 0 spiro atoms. The fourth-order valence-corrected chi connectivity index (χ4v) is 5.14. The van der Waals surface area contributed by atoms with E-state index in [4.69, 9.17) is 9.47 Å². The second kappa shape index (κ2) is 40.5. The number of unbranched alkanes of at least 4 members (excludes halogenated alkanes) is 13. The van der Waals surface area contributed by atoms with Crippen LogP contribution in [0, 0.1) is 0 Å². The molecule has 0 fully saturated rings. The number of hydrogen-bond donors (Lipinski definition) is 1. The molecule has 0 saturated carbocycles. The molecule has 0 aromatic carbocycles. The molecule has 0 bridgehead atoms. The minimum absolute atomic E-state index is 0.0885. The summed E-state index contributed by atoms with van der Waals surface area (Å²) in [5.41, 5.74) is 0. The number of aliphatic hydroxyl groups is 1. The molecule has 0 aromatic rings. The quantitative estimate of drug-likeness (QED) is 0.0406. The molecule has 5 nitrogen and oxygen atoms in total. The normalized spacial score (nSPS) is 13.1. The maximum atomic E-state index is 12.2. The summed E-state index contributed by atoms with van der Waals surface area (Å²) in [6.07, 6.45) is 54.9. The van der Waals surface area contributed by atoms with Crippen LogP contribution in [-0.2, 0) is 19.1 Å². The molecule has 0 amide bonds. The van der Waals surface area contributed by atoms with Gasteiger partial charge in [0, 0.05) is 12.8 Å². The maximum absolute atomic E-state index is 12.2. The number of allylic oxidation sites excluding steroid dienone is 14. The van der Waals surface area contributed by atoms with Gasteiger partial charge in [0.25, 0.3) is 0 Å². The number of esters is 2. The highest BCUT2D eigenvalue weighted by Crippen LogP contribution is 2.12. The van der Waals surface area contributed by atoms with Crippen molar-refractivity contribution in [2.24, 2.45) is 0 Å². The summed E-state index contributed by atoms with van der Waals surface area (Å²) >= 11 is 0. The fraction of sp³-hybridized carbons (Fsp3) is 0.644. The predicted octanol–water partition coefficient (Wildman–Crippen LogP) is 12.7. The van der Waals surface area contributed by atoms with E-state index in [-0.39, 0.29) is 25.2 Å². The molecule has 0 heterocycles. The Morgan fingerprint density at radius 2 is 0.860 bits per heavy atom. The van der Waals surface area contributed by atoms with Crippen LogP contribution in [0.1, 0.15) is 168 Å². The third-order valence-electron chi connectivity index (χ3n) is 8.17. The van der Waals surface area contributed by atoms with Gasteiger partial charge in [-0.2, -0.15) is 0 Å². The lowest BCUT2D eigenvalue weighted by atomic mass is 10.1. The van der Waals surface area contributed by atoms with Gasteiger partial charge in [-0.05, 0) is 89.9 Å². The highest BCUT2D eigenvalue weighted by molar-refractivity contribution is 5.70. The Bertz CT molecular complexity index is 968. The van der Waals surface area contributed by atoms with Crippen molar-refractivity contribution in [1.82, 2.24) is 0 Å². The van der Waals surface area contributed by atoms with Gasteiger partial charge in [0.2, 0.25) is 0 Å². The number of aliphatic hydroxyl groups excluding tert-OH is 1. The average molecular weight is 695 g/mol. The standard InChI is InChI=1S/C45H74O5/c1-3-5-7-9-11-13-15-17-19-21-22-24-26-28-30-32-34-36-38-40-45(48)50-43(41-46)42-49-44(47)39-37-35-33-31-29-27-25-23-20-18-16-14-12-10-8-6-4-2/h5,7,11-14,17-20,22,24,28,30,43,46H,3-4,6,8-10,15-16,21,23,25-27,29,31-42H2,1-2H3/b7-5-,13-11-,14-12-,19-17-,20-18-,24-22-,30-28-. The first-order chi connectivity index (χ1) is 24.6. The Hall–Kier alpha value is -2.92. The Morgan fingerprint density at radius 1 is 0.480 bits per heavy atom. The van der Waals surface area contributed by atoms with Crippen LogP contribution in [0.2, 0.25) is 0 Å². The Kier molecular flexibility index (Phi) is 38.1. The fourth-order valence-electron chi connectivity index (χ4n) is 5.14. The monoisotopic (exact) mass is 695 g/mol. The zero-order valence-electron chi connectivity index (χ0n) is 32.1. The van der Waals surface area contributed by atoms with E-state index in [2.05, 4.69) is 98.9 Å². The molecule has 0 aliphatic carbocycles. The van der Waals surface area contributed by atoms with Gasteiger partial charge in [0.05, 0.1) is 6.61 Å². The summed E-state index contributed by atoms with van der Waals surface area (Å²) in [6, 6.07) is 0. The van der Waals surface area contributed by atoms with Crippen molar-refractivity contribution in [3.63, 3.8) is 0 Å². The van der Waals surface area contributed by atoms with Crippen LogP contribution in [-0.4, -0.2) is 36.4 Å². The van der Waals surface area contributed by atoms with Gasteiger partial charge in [0.15, 0.2) is 6.10 Å². The summed E-state index contributed by atoms with van der Waals surface area (Å²) in [4.78, 5) is 24.3. The van der Waals surface area contributed by atoms with Gasteiger partial charge >= 0.3 is 11.9 Å². The third kappa shape index (κ3) is 37.9. The Morgan fingerprint density at radius 3 is 1.32 bits per heavy atom. The first-order valence-electron chi connectivity index (χ1n) is 20.1. The second-order valence-corrected chi connectivity index (χ2v) is 13.0. The molecule has 1 atom stereocenters. The molecule has 5 heteroatoms. The van der Waals surface area contributed by atoms with Gasteiger partial charge < -0.3 is 14.6 Å². The molecule has 1 N–H and O–H groups in total. The molecule has 0 saturated heterocycles. The van der Waals surface area contributed by atoms with Crippen LogP contribution in [0.25, 0.3) is 0 Å². The van der Waals surface area contributed by atoms with Crippen LogP contribution in [0.5, 0.6) is 0 Å². The van der Waals surface area contributed by atoms with Crippen molar-refractivity contribution < 1.29 is 24.2 Å². The van der Waals surface area contributed by atoms with Crippen LogP contribution in [0.3, 0.4) is 0 Å². The molecule has 0 aromatic heterocycles. The SMILES string of the molecule is CC/C=C\C/C=C\C/C=C\C/C=C\C/C=C\CCCCCC(=O)OC(CO)COC(=O)CCCCCCCCC/C=C\C/C=C\CCCCC. The second-order valence-electron chi connectivity index (χ2n) is 13.0. The van der Waals surface area contributed by atoms with Crippen molar-refractivity contribution in [2.45, 2.75) is 174 Å². The summed E-state index contributed by atoms with van der Waals surface area (Å²) in [5.74, 6) is -0.645. The molecule has 50 heavy (non-hydrogen) atoms. The van der Waals surface area contributed by atoms with Crippen LogP contribution < -0.4 is 0 Å². The van der Waals surface area contributed by atoms with Crippen LogP contribution in [0.4, 0.5) is 0 Å². The van der Waals surface area contributed by atoms with Gasteiger partial charge in [-0.25, -0.2) is 0 Å². The number of rotatable bonds is 35. The van der Waals surface area contributed by atoms with E-state index in [1.807, 2.05) is 0 Å². The zero-order valence-corrected chi connectivity index (χ0v) is 32.1. The van der Waals surface area contributed by atoms with Crippen molar-refractivity contribution in [3.05, 3.63) is 85.1 Å². The van der Waals surface area contributed by atoms with Gasteiger partial charge in [-0.15, -0.1) is 0 Å². The van der Waals surface area contributed by atoms with E-state index in [1.54, 1.807) is 0 Å². The summed E-state index contributed by atoms with van der Waals surface area (Å²) in [7, 11) is 0. The Balaban J connectivity index is 3.67. The zero-order chi connectivity index (χ0) is 36.4. The highest BCUT2D eigenvalue weighted by Gasteiger charge is 2.16. The third-order valence-corrected chi connectivity index (χ3v) is 8.17. The summed E-state index contributed by atoms with van der Waals surface area (Å²) in [5, 5.41) is 9.56. The number of ether oxygens (including phenoxy) is 2. The molecule has 0 aliphatic heterocycles. The lowest BCUT2D eigenvalue weighted by Crippen LogP contribution is -2.28. The van der Waals surface area contributed by atoms with Crippen LogP contribution in [0.15, 0.2) is 85.1 Å². The van der Waals surface area contributed by atoms with E-state index in [9.17, 15) is 14.7 Å². The lowest BCUT2D eigenvalue weighted by Gasteiger charge is -2.15. The van der Waals surface area contributed by atoms with Crippen molar-refractivity contribution in [3.8, 4) is 0 Å². The molecule has 1 unspecified atom stereocenters. The van der Waals surface area contributed by atoms with Crippen molar-refractivity contribution in [1.29, 1.82) is 0 Å². The molecular weight excluding hydrogens is 620 g/mol. The van der Waals surface area contributed by atoms with Crippen molar-refractivity contribution in [2.75, 3.05) is 13.2 Å². The van der Waals surface area contributed by atoms with Gasteiger partial charge in [-0.3, -0.25) is 9.59 Å². The van der Waals surface area contributed by atoms with E-state index >= 15 is 0 Å². The molecule has 0 aliphatic rings. The largest absolute Gasteiger partial charge is 0.462 e. The summed E-state index contributed by atoms with van der Waals surface area (Å²) < 4.78 is 10.6. The first kappa shape index (κ1) is 47.1. The number of carbonyl (C=O) groups excluding carboxylic acids is 2. The van der Waals surface area contributed by atoms with E-state index in [1.165, 1.54) is 51.4 Å². The van der Waals surface area contributed by atoms with E-state index < -0.39 is 6.10 Å². The van der Waals surface area contributed by atoms with Crippen LogP contribution >= 0.6 is 0 Å². The minimum atomic E-state index is -0.797. The average Bonchev–Trinajstić information content (AvgIpc) is 3.12. The van der Waals surface area contributed by atoms with E-state index in [0.717, 1.165) is 89.9 Å². The smallest absolute Gasteiger partial charge is 0.306 e. The Labute approximate surface area is 307 Å². The van der Waals surface area contributed by atoms with Crippen molar-refractivity contribution >= 4 is 11.9 Å². The highest BCUT2D eigenvalue weighted by atomic mass is 16.6.